The maximum absolute atomic E-state index is 12.5. The van der Waals surface area contributed by atoms with E-state index in [1.165, 1.54) is 0 Å². The van der Waals surface area contributed by atoms with Crippen LogP contribution in [0.3, 0.4) is 0 Å². The Bertz CT molecular complexity index is 476. The lowest BCUT2D eigenvalue weighted by atomic mass is 9.96. The monoisotopic (exact) mass is 279 g/mol. The summed E-state index contributed by atoms with van der Waals surface area (Å²) in [6.07, 6.45) is 1.04. The zero-order chi connectivity index (χ0) is 14.9. The number of carbonyl (C=O) groups is 1. The first-order chi connectivity index (χ1) is 9.32. The first kappa shape index (κ1) is 15.0. The van der Waals surface area contributed by atoms with Gasteiger partial charge < -0.3 is 4.90 Å². The standard InChI is InChI=1S/C14H25N5O/c1-6-10-9-19(8-7-18(10)5)12(20)11-15-13(17-16-11)14(2,3)4/h10H,6-9H2,1-5H3,(H,15,16,17). The molecule has 0 bridgehead atoms. The SMILES string of the molecule is CCC1CN(C(=O)c2n[nH]c(C(C)(C)C)n2)CCN1C. The van der Waals surface area contributed by atoms with Gasteiger partial charge in [0.2, 0.25) is 5.82 Å². The van der Waals surface area contributed by atoms with Crippen molar-refractivity contribution in [1.82, 2.24) is 25.0 Å². The fraction of sp³-hybridized carbons (Fsp3) is 0.786. The lowest BCUT2D eigenvalue weighted by molar-refractivity contribution is 0.0531. The molecule has 1 aliphatic rings. The van der Waals surface area contributed by atoms with E-state index in [1.807, 2.05) is 25.7 Å². The molecular formula is C14H25N5O. The summed E-state index contributed by atoms with van der Waals surface area (Å²) in [6.45, 7) is 10.7. The van der Waals surface area contributed by atoms with E-state index in [2.05, 4.69) is 34.1 Å². The second kappa shape index (κ2) is 5.52. The Kier molecular flexibility index (Phi) is 4.13. The Hall–Kier alpha value is -1.43. The number of hydrogen-bond acceptors (Lipinski definition) is 4. The molecule has 0 spiro atoms. The van der Waals surface area contributed by atoms with E-state index in [0.717, 1.165) is 31.9 Å². The minimum Gasteiger partial charge on any atom is -0.333 e. The molecule has 1 fully saturated rings. The molecule has 1 atom stereocenters. The number of carbonyl (C=O) groups excluding carboxylic acids is 1. The van der Waals surface area contributed by atoms with Gasteiger partial charge in [-0.2, -0.15) is 0 Å². The van der Waals surface area contributed by atoms with Crippen LogP contribution in [0, 0.1) is 0 Å². The van der Waals surface area contributed by atoms with Crippen LogP contribution in [0.2, 0.25) is 0 Å². The number of H-pyrrole nitrogens is 1. The molecule has 1 aliphatic heterocycles. The van der Waals surface area contributed by atoms with Gasteiger partial charge in [-0.05, 0) is 13.5 Å². The summed E-state index contributed by atoms with van der Waals surface area (Å²) < 4.78 is 0. The van der Waals surface area contributed by atoms with Gasteiger partial charge in [-0.1, -0.05) is 27.7 Å². The first-order valence-corrected chi connectivity index (χ1v) is 7.25. The highest BCUT2D eigenvalue weighted by molar-refractivity contribution is 5.90. The molecule has 2 rings (SSSR count). The van der Waals surface area contributed by atoms with E-state index in [1.54, 1.807) is 0 Å². The number of likely N-dealkylation sites (N-methyl/N-ethyl adjacent to an activating group) is 1. The fourth-order valence-corrected chi connectivity index (χ4v) is 2.41. The van der Waals surface area contributed by atoms with Crippen molar-refractivity contribution in [2.75, 3.05) is 26.7 Å². The number of piperazine rings is 1. The summed E-state index contributed by atoms with van der Waals surface area (Å²) in [5.74, 6) is 0.972. The minimum atomic E-state index is -0.125. The van der Waals surface area contributed by atoms with Gasteiger partial charge in [-0.3, -0.25) is 14.8 Å². The molecule has 20 heavy (non-hydrogen) atoms. The number of hydrogen-bond donors (Lipinski definition) is 1. The number of nitrogens with zero attached hydrogens (tertiary/aromatic N) is 4. The Morgan fingerprint density at radius 3 is 2.65 bits per heavy atom. The lowest BCUT2D eigenvalue weighted by Crippen LogP contribution is -2.53. The van der Waals surface area contributed by atoms with Crippen molar-refractivity contribution in [2.24, 2.45) is 0 Å². The molecule has 2 heterocycles. The lowest BCUT2D eigenvalue weighted by Gasteiger charge is -2.38. The van der Waals surface area contributed by atoms with E-state index >= 15 is 0 Å². The molecule has 6 heteroatoms. The molecule has 6 nitrogen and oxygen atoms in total. The zero-order valence-electron chi connectivity index (χ0n) is 13.1. The molecule has 0 radical (unpaired) electrons. The topological polar surface area (TPSA) is 65.1 Å². The molecule has 0 aliphatic carbocycles. The predicted octanol–water partition coefficient (Wildman–Crippen LogP) is 1.27. The largest absolute Gasteiger partial charge is 0.333 e. The van der Waals surface area contributed by atoms with Gasteiger partial charge >= 0.3 is 0 Å². The third-order valence-electron chi connectivity index (χ3n) is 3.92. The maximum atomic E-state index is 12.5. The summed E-state index contributed by atoms with van der Waals surface area (Å²) in [5, 5.41) is 6.97. The van der Waals surface area contributed by atoms with Crippen molar-refractivity contribution >= 4 is 5.91 Å². The molecular weight excluding hydrogens is 254 g/mol. The Morgan fingerprint density at radius 2 is 2.10 bits per heavy atom. The van der Waals surface area contributed by atoms with Gasteiger partial charge in [0.15, 0.2) is 0 Å². The van der Waals surface area contributed by atoms with E-state index in [0.29, 0.717) is 6.04 Å². The highest BCUT2D eigenvalue weighted by atomic mass is 16.2. The van der Waals surface area contributed by atoms with Crippen LogP contribution in [-0.4, -0.2) is 63.6 Å². The highest BCUT2D eigenvalue weighted by Gasteiger charge is 2.29. The molecule has 112 valence electrons. The highest BCUT2D eigenvalue weighted by Crippen LogP contribution is 2.18. The normalized spacial score (nSPS) is 21.2. The fourth-order valence-electron chi connectivity index (χ4n) is 2.41. The second-order valence-corrected chi connectivity index (χ2v) is 6.55. The van der Waals surface area contributed by atoms with Crippen LogP contribution < -0.4 is 0 Å². The minimum absolute atomic E-state index is 0.0664. The molecule has 0 saturated carbocycles. The Labute approximate surface area is 120 Å². The van der Waals surface area contributed by atoms with Crippen LogP contribution >= 0.6 is 0 Å². The zero-order valence-corrected chi connectivity index (χ0v) is 13.1. The Morgan fingerprint density at radius 1 is 1.40 bits per heavy atom. The van der Waals surface area contributed by atoms with E-state index in [4.69, 9.17) is 0 Å². The summed E-state index contributed by atoms with van der Waals surface area (Å²) in [6, 6.07) is 0.425. The van der Waals surface area contributed by atoms with Gasteiger partial charge in [0.1, 0.15) is 5.82 Å². The number of nitrogens with one attached hydrogen (secondary N) is 1. The molecule has 1 saturated heterocycles. The van der Waals surface area contributed by atoms with Crippen LogP contribution in [0.4, 0.5) is 0 Å². The van der Waals surface area contributed by atoms with Gasteiger partial charge in [0.05, 0.1) is 0 Å². The summed E-state index contributed by atoms with van der Waals surface area (Å²) in [4.78, 5) is 21.0. The van der Waals surface area contributed by atoms with Crippen molar-refractivity contribution in [3.63, 3.8) is 0 Å². The number of amides is 1. The summed E-state index contributed by atoms with van der Waals surface area (Å²) in [5.41, 5.74) is -0.125. The van der Waals surface area contributed by atoms with Crippen LogP contribution in [0.15, 0.2) is 0 Å². The quantitative estimate of drug-likeness (QED) is 0.885. The average Bonchev–Trinajstić information content (AvgIpc) is 2.88. The van der Waals surface area contributed by atoms with Crippen LogP contribution in [-0.2, 0) is 5.41 Å². The molecule has 1 amide bonds. The molecule has 1 N–H and O–H groups in total. The number of rotatable bonds is 2. The van der Waals surface area contributed by atoms with Gasteiger partial charge in [0.25, 0.3) is 5.91 Å². The molecule has 0 aromatic carbocycles. The molecule has 1 aromatic heterocycles. The van der Waals surface area contributed by atoms with Gasteiger partial charge in [0, 0.05) is 31.1 Å². The maximum Gasteiger partial charge on any atom is 0.293 e. The van der Waals surface area contributed by atoms with Crippen LogP contribution in [0.1, 0.15) is 50.6 Å². The third kappa shape index (κ3) is 3.00. The predicted molar refractivity (Wildman–Crippen MR) is 77.7 cm³/mol. The second-order valence-electron chi connectivity index (χ2n) is 6.55. The van der Waals surface area contributed by atoms with E-state index in [-0.39, 0.29) is 17.1 Å². The van der Waals surface area contributed by atoms with Crippen molar-refractivity contribution in [2.45, 2.75) is 45.6 Å². The average molecular weight is 279 g/mol. The first-order valence-electron chi connectivity index (χ1n) is 7.25. The van der Waals surface area contributed by atoms with Crippen molar-refractivity contribution in [3.05, 3.63) is 11.6 Å². The van der Waals surface area contributed by atoms with Gasteiger partial charge in [-0.15, -0.1) is 5.10 Å². The van der Waals surface area contributed by atoms with Crippen molar-refractivity contribution in [1.29, 1.82) is 0 Å². The summed E-state index contributed by atoms with van der Waals surface area (Å²) in [7, 11) is 2.11. The van der Waals surface area contributed by atoms with Gasteiger partial charge in [-0.25, -0.2) is 4.98 Å². The summed E-state index contributed by atoms with van der Waals surface area (Å²) >= 11 is 0. The van der Waals surface area contributed by atoms with Crippen LogP contribution in [0.5, 0.6) is 0 Å². The smallest absolute Gasteiger partial charge is 0.293 e. The third-order valence-corrected chi connectivity index (χ3v) is 3.92. The number of aromatic nitrogens is 3. The van der Waals surface area contributed by atoms with Crippen molar-refractivity contribution in [3.8, 4) is 0 Å². The Balaban J connectivity index is 2.10. The van der Waals surface area contributed by atoms with Crippen molar-refractivity contribution < 1.29 is 4.79 Å². The van der Waals surface area contributed by atoms with Crippen LogP contribution in [0.25, 0.3) is 0 Å². The van der Waals surface area contributed by atoms with E-state index in [9.17, 15) is 4.79 Å². The molecule has 1 aromatic rings. The van der Waals surface area contributed by atoms with E-state index < -0.39 is 0 Å². The molecule has 1 unspecified atom stereocenters. The number of aromatic amines is 1.